The largest absolute Gasteiger partial charge is 0.481 e. The third-order valence-corrected chi connectivity index (χ3v) is 2.83. The number of rotatable bonds is 2. The van der Waals surface area contributed by atoms with Gasteiger partial charge in [0.15, 0.2) is 0 Å². The summed E-state index contributed by atoms with van der Waals surface area (Å²) in [7, 11) is 0. The summed E-state index contributed by atoms with van der Waals surface area (Å²) in [5.74, 6) is -2.53. The molecule has 2 unspecified atom stereocenters. The molecular weight excluding hydrogens is 210 g/mol. The molecular formula is C11H19NO4. The second kappa shape index (κ2) is 4.41. The van der Waals surface area contributed by atoms with E-state index in [-0.39, 0.29) is 6.54 Å². The van der Waals surface area contributed by atoms with Gasteiger partial charge in [-0.3, -0.25) is 9.59 Å². The molecule has 92 valence electrons. The zero-order chi connectivity index (χ0) is 12.5. The Labute approximate surface area is 95.1 Å². The van der Waals surface area contributed by atoms with Crippen LogP contribution in [-0.4, -0.2) is 46.2 Å². The second-order valence-corrected chi connectivity index (χ2v) is 5.36. The Morgan fingerprint density at radius 2 is 1.94 bits per heavy atom. The summed E-state index contributed by atoms with van der Waals surface area (Å²) in [5, 5.41) is 18.4. The predicted molar refractivity (Wildman–Crippen MR) is 57.8 cm³/mol. The van der Waals surface area contributed by atoms with Crippen LogP contribution in [-0.2, 0) is 9.59 Å². The molecule has 1 saturated heterocycles. The highest BCUT2D eigenvalue weighted by atomic mass is 16.4. The number of β-amino-alcohol motifs (C(OH)–C–C–N with tert-alkyl or cyclic N) is 1. The Kier molecular flexibility index (Phi) is 3.57. The van der Waals surface area contributed by atoms with Crippen LogP contribution in [0.2, 0.25) is 0 Å². The Hall–Kier alpha value is -1.10. The van der Waals surface area contributed by atoms with E-state index < -0.39 is 29.3 Å². The maximum Gasteiger partial charge on any atom is 0.316 e. The summed E-state index contributed by atoms with van der Waals surface area (Å²) in [5.41, 5.74) is -0.615. The summed E-state index contributed by atoms with van der Waals surface area (Å²) in [6.45, 7) is 5.89. The highest BCUT2D eigenvalue weighted by molar-refractivity contribution is 5.97. The van der Waals surface area contributed by atoms with Gasteiger partial charge >= 0.3 is 5.97 Å². The molecule has 2 atom stereocenters. The number of aliphatic carboxylic acids is 1. The van der Waals surface area contributed by atoms with Crippen molar-refractivity contribution in [2.75, 3.05) is 13.1 Å². The molecule has 1 heterocycles. The number of aliphatic hydroxyl groups is 1. The van der Waals surface area contributed by atoms with Crippen LogP contribution in [0.15, 0.2) is 0 Å². The fourth-order valence-electron chi connectivity index (χ4n) is 1.97. The van der Waals surface area contributed by atoms with Crippen molar-refractivity contribution >= 4 is 11.9 Å². The molecule has 0 aromatic rings. The first kappa shape index (κ1) is 13.0. The molecule has 0 radical (unpaired) electrons. The van der Waals surface area contributed by atoms with Crippen LogP contribution in [0.25, 0.3) is 0 Å². The van der Waals surface area contributed by atoms with Crippen molar-refractivity contribution in [3.05, 3.63) is 0 Å². The Morgan fingerprint density at radius 3 is 2.25 bits per heavy atom. The van der Waals surface area contributed by atoms with Gasteiger partial charge in [0.25, 0.3) is 0 Å². The van der Waals surface area contributed by atoms with Gasteiger partial charge in [0.05, 0.1) is 6.10 Å². The molecule has 0 aromatic carbocycles. The normalized spacial score (nSPS) is 23.2. The van der Waals surface area contributed by atoms with Crippen molar-refractivity contribution in [3.63, 3.8) is 0 Å². The number of likely N-dealkylation sites (tertiary alicyclic amines) is 1. The summed E-state index contributed by atoms with van der Waals surface area (Å²) >= 11 is 0. The number of carbonyl (C=O) groups is 2. The predicted octanol–water partition coefficient (Wildman–Crippen LogP) is 0.326. The number of carboxylic acid groups (broad SMARTS) is 1. The molecule has 0 spiro atoms. The van der Waals surface area contributed by atoms with Gasteiger partial charge in [0, 0.05) is 13.1 Å². The first-order chi connectivity index (χ1) is 7.23. The van der Waals surface area contributed by atoms with Crippen molar-refractivity contribution in [2.24, 2.45) is 11.3 Å². The van der Waals surface area contributed by atoms with Crippen molar-refractivity contribution in [3.8, 4) is 0 Å². The van der Waals surface area contributed by atoms with Crippen LogP contribution in [0.3, 0.4) is 0 Å². The maximum absolute atomic E-state index is 12.0. The minimum absolute atomic E-state index is 0.249. The quantitative estimate of drug-likeness (QED) is 0.669. The second-order valence-electron chi connectivity index (χ2n) is 5.36. The lowest BCUT2D eigenvalue weighted by Crippen LogP contribution is -2.44. The van der Waals surface area contributed by atoms with E-state index in [1.54, 1.807) is 20.8 Å². The SMILES string of the molecule is CC(C)(C)C(C(=O)O)C(=O)N1CCC(O)C1. The molecule has 0 aliphatic carbocycles. The monoisotopic (exact) mass is 229 g/mol. The molecule has 5 heteroatoms. The molecule has 0 bridgehead atoms. The van der Waals surface area contributed by atoms with Gasteiger partial charge in [-0.05, 0) is 11.8 Å². The minimum Gasteiger partial charge on any atom is -0.481 e. The lowest BCUT2D eigenvalue weighted by Gasteiger charge is -2.29. The fraction of sp³-hybridized carbons (Fsp3) is 0.818. The lowest BCUT2D eigenvalue weighted by atomic mass is 9.80. The maximum atomic E-state index is 12.0. The first-order valence-corrected chi connectivity index (χ1v) is 5.43. The van der Waals surface area contributed by atoms with Crippen LogP contribution in [0.4, 0.5) is 0 Å². The van der Waals surface area contributed by atoms with Crippen molar-refractivity contribution in [2.45, 2.75) is 33.3 Å². The smallest absolute Gasteiger partial charge is 0.316 e. The van der Waals surface area contributed by atoms with Gasteiger partial charge in [-0.1, -0.05) is 20.8 Å². The van der Waals surface area contributed by atoms with Crippen LogP contribution in [0.5, 0.6) is 0 Å². The Morgan fingerprint density at radius 1 is 1.38 bits per heavy atom. The number of amides is 1. The topological polar surface area (TPSA) is 77.8 Å². The summed E-state index contributed by atoms with van der Waals surface area (Å²) in [4.78, 5) is 24.6. The summed E-state index contributed by atoms with van der Waals surface area (Å²) in [6, 6.07) is 0. The highest BCUT2D eigenvalue weighted by Gasteiger charge is 2.41. The van der Waals surface area contributed by atoms with E-state index >= 15 is 0 Å². The van der Waals surface area contributed by atoms with E-state index in [1.165, 1.54) is 4.90 Å². The molecule has 1 amide bonds. The minimum atomic E-state index is -1.10. The Bertz CT molecular complexity index is 295. The van der Waals surface area contributed by atoms with Crippen molar-refractivity contribution in [1.29, 1.82) is 0 Å². The average molecular weight is 229 g/mol. The number of hydrogen-bond acceptors (Lipinski definition) is 3. The van der Waals surface area contributed by atoms with Gasteiger partial charge in [-0.2, -0.15) is 0 Å². The van der Waals surface area contributed by atoms with E-state index in [0.717, 1.165) is 0 Å². The van der Waals surface area contributed by atoms with E-state index in [9.17, 15) is 14.7 Å². The molecule has 2 N–H and O–H groups in total. The number of nitrogens with zero attached hydrogens (tertiary/aromatic N) is 1. The molecule has 1 rings (SSSR count). The van der Waals surface area contributed by atoms with Crippen LogP contribution < -0.4 is 0 Å². The molecule has 1 fully saturated rings. The zero-order valence-electron chi connectivity index (χ0n) is 9.93. The van der Waals surface area contributed by atoms with Gasteiger partial charge < -0.3 is 15.1 Å². The third-order valence-electron chi connectivity index (χ3n) is 2.83. The molecule has 1 aliphatic rings. The van der Waals surface area contributed by atoms with Gasteiger partial charge in [0.2, 0.25) is 5.91 Å². The number of aliphatic hydroxyl groups excluding tert-OH is 1. The fourth-order valence-corrected chi connectivity index (χ4v) is 1.97. The van der Waals surface area contributed by atoms with E-state index in [0.29, 0.717) is 13.0 Å². The van der Waals surface area contributed by atoms with Crippen LogP contribution >= 0.6 is 0 Å². The highest BCUT2D eigenvalue weighted by Crippen LogP contribution is 2.29. The van der Waals surface area contributed by atoms with Gasteiger partial charge in [0.1, 0.15) is 5.92 Å². The molecule has 1 aliphatic heterocycles. The van der Waals surface area contributed by atoms with E-state index in [4.69, 9.17) is 5.11 Å². The molecule has 0 aromatic heterocycles. The number of carbonyl (C=O) groups excluding carboxylic acids is 1. The Balaban J connectivity index is 2.80. The summed E-state index contributed by atoms with van der Waals surface area (Å²) in [6.07, 6.45) is 0.0146. The number of carboxylic acids is 1. The van der Waals surface area contributed by atoms with Crippen molar-refractivity contribution < 1.29 is 19.8 Å². The molecule has 0 saturated carbocycles. The average Bonchev–Trinajstić information content (AvgIpc) is 2.48. The first-order valence-electron chi connectivity index (χ1n) is 5.43. The molecule has 5 nitrogen and oxygen atoms in total. The molecule has 16 heavy (non-hydrogen) atoms. The third kappa shape index (κ3) is 2.72. The van der Waals surface area contributed by atoms with E-state index in [1.807, 2.05) is 0 Å². The zero-order valence-corrected chi connectivity index (χ0v) is 9.93. The number of hydrogen-bond donors (Lipinski definition) is 2. The van der Waals surface area contributed by atoms with E-state index in [2.05, 4.69) is 0 Å². The van der Waals surface area contributed by atoms with Gasteiger partial charge in [-0.15, -0.1) is 0 Å². The standard InChI is InChI=1S/C11H19NO4/c1-11(2,3)8(10(15)16)9(14)12-5-4-7(13)6-12/h7-8,13H,4-6H2,1-3H3,(H,15,16). The lowest BCUT2D eigenvalue weighted by molar-refractivity contribution is -0.155. The summed E-state index contributed by atoms with van der Waals surface area (Å²) < 4.78 is 0. The van der Waals surface area contributed by atoms with Gasteiger partial charge in [-0.25, -0.2) is 0 Å². The van der Waals surface area contributed by atoms with Crippen molar-refractivity contribution in [1.82, 2.24) is 4.90 Å². The van der Waals surface area contributed by atoms with Crippen LogP contribution in [0.1, 0.15) is 27.2 Å². The van der Waals surface area contributed by atoms with Crippen LogP contribution in [0, 0.1) is 11.3 Å².